The van der Waals surface area contributed by atoms with Crippen molar-refractivity contribution in [3.63, 3.8) is 0 Å². The zero-order chi connectivity index (χ0) is 16.9. The van der Waals surface area contributed by atoms with Crippen LogP contribution in [0.15, 0.2) is 59.6 Å². The monoisotopic (exact) mass is 388 g/mol. The quantitative estimate of drug-likeness (QED) is 0.734. The average Bonchev–Trinajstić information content (AvgIpc) is 2.58. The molecule has 0 saturated heterocycles. The number of benzene rings is 1. The maximum Gasteiger partial charge on any atom is 0.322 e. The normalized spacial score (nSPS) is 10.2. The Bertz CT molecular complexity index is 874. The molecule has 2 heterocycles. The van der Waals surface area contributed by atoms with Crippen LogP contribution in [0.4, 0.5) is 10.1 Å². The van der Waals surface area contributed by atoms with Crippen LogP contribution < -0.4 is 10.1 Å². The average molecular weight is 389 g/mol. The number of pyridine rings is 1. The molecule has 120 valence electrons. The number of hydrogen-bond acceptors (Lipinski definition) is 5. The molecule has 0 atom stereocenters. The molecule has 0 spiro atoms. The number of nitrogens with one attached hydrogen (secondary N) is 1. The molecule has 0 radical (unpaired) electrons. The standard InChI is InChI=1S/C16H10BrFN4O2/c17-11-5-10(6-19-7-11)15(23)22-12-8-20-16(21-9-12)24-14-4-2-1-3-13(14)18/h1-9H,(H,22,23). The van der Waals surface area contributed by atoms with E-state index >= 15 is 0 Å². The lowest BCUT2D eigenvalue weighted by Crippen LogP contribution is -2.12. The molecule has 1 amide bonds. The van der Waals surface area contributed by atoms with Gasteiger partial charge in [0.2, 0.25) is 0 Å². The Kier molecular flexibility index (Phi) is 4.76. The number of ether oxygens (including phenoxy) is 1. The number of carbonyl (C=O) groups excluding carboxylic acids is 1. The van der Waals surface area contributed by atoms with Gasteiger partial charge in [0.15, 0.2) is 11.6 Å². The molecule has 8 heteroatoms. The summed E-state index contributed by atoms with van der Waals surface area (Å²) < 4.78 is 19.4. The molecule has 0 aliphatic carbocycles. The van der Waals surface area contributed by atoms with E-state index in [-0.39, 0.29) is 17.7 Å². The summed E-state index contributed by atoms with van der Waals surface area (Å²) in [6, 6.07) is 7.54. The highest BCUT2D eigenvalue weighted by Gasteiger charge is 2.09. The largest absolute Gasteiger partial charge is 0.421 e. The fraction of sp³-hybridized carbons (Fsp3) is 0. The summed E-state index contributed by atoms with van der Waals surface area (Å²) >= 11 is 3.25. The van der Waals surface area contributed by atoms with Gasteiger partial charge in [0.25, 0.3) is 5.91 Å². The van der Waals surface area contributed by atoms with Gasteiger partial charge in [-0.1, -0.05) is 12.1 Å². The minimum absolute atomic E-state index is 0.0227. The number of nitrogens with zero attached hydrogens (tertiary/aromatic N) is 3. The Labute approximate surface area is 144 Å². The lowest BCUT2D eigenvalue weighted by atomic mass is 10.2. The smallest absolute Gasteiger partial charge is 0.322 e. The maximum atomic E-state index is 13.5. The molecular formula is C16H10BrFN4O2. The summed E-state index contributed by atoms with van der Waals surface area (Å²) in [5.74, 6) is -0.842. The van der Waals surface area contributed by atoms with Crippen LogP contribution >= 0.6 is 15.9 Å². The van der Waals surface area contributed by atoms with Crippen LogP contribution in [-0.4, -0.2) is 20.9 Å². The van der Waals surface area contributed by atoms with Crippen LogP contribution in [0.5, 0.6) is 11.8 Å². The number of amides is 1. The van der Waals surface area contributed by atoms with E-state index in [1.54, 1.807) is 24.4 Å². The molecule has 0 fully saturated rings. The van der Waals surface area contributed by atoms with Crippen molar-refractivity contribution in [2.75, 3.05) is 5.32 Å². The second-order valence-corrected chi connectivity index (χ2v) is 5.55. The minimum Gasteiger partial charge on any atom is -0.421 e. The lowest BCUT2D eigenvalue weighted by Gasteiger charge is -2.07. The predicted octanol–water partition coefficient (Wildman–Crippen LogP) is 3.82. The number of para-hydroxylation sites is 1. The summed E-state index contributed by atoms with van der Waals surface area (Å²) in [7, 11) is 0. The Morgan fingerprint density at radius 2 is 1.88 bits per heavy atom. The minimum atomic E-state index is -0.513. The highest BCUT2D eigenvalue weighted by atomic mass is 79.9. The topological polar surface area (TPSA) is 77.0 Å². The van der Waals surface area contributed by atoms with E-state index in [0.717, 1.165) is 0 Å². The van der Waals surface area contributed by atoms with E-state index in [4.69, 9.17) is 4.74 Å². The molecule has 0 saturated carbocycles. The third-order valence-electron chi connectivity index (χ3n) is 2.89. The first kappa shape index (κ1) is 16.0. The van der Waals surface area contributed by atoms with E-state index in [0.29, 0.717) is 15.7 Å². The van der Waals surface area contributed by atoms with Gasteiger partial charge >= 0.3 is 6.01 Å². The Balaban J connectivity index is 1.68. The highest BCUT2D eigenvalue weighted by Crippen LogP contribution is 2.21. The van der Waals surface area contributed by atoms with Crippen molar-refractivity contribution >= 4 is 27.5 Å². The molecule has 1 aromatic carbocycles. The van der Waals surface area contributed by atoms with Gasteiger partial charge in [-0.15, -0.1) is 0 Å². The number of halogens is 2. The zero-order valence-electron chi connectivity index (χ0n) is 12.1. The van der Waals surface area contributed by atoms with Crippen LogP contribution in [0, 0.1) is 5.82 Å². The zero-order valence-corrected chi connectivity index (χ0v) is 13.7. The molecule has 6 nitrogen and oxygen atoms in total. The van der Waals surface area contributed by atoms with Crippen LogP contribution in [0.25, 0.3) is 0 Å². The number of rotatable bonds is 4. The van der Waals surface area contributed by atoms with Gasteiger partial charge in [-0.2, -0.15) is 0 Å². The van der Waals surface area contributed by atoms with Gasteiger partial charge in [-0.25, -0.2) is 14.4 Å². The number of aromatic nitrogens is 3. The van der Waals surface area contributed by atoms with Crippen molar-refractivity contribution in [2.24, 2.45) is 0 Å². The van der Waals surface area contributed by atoms with E-state index in [2.05, 4.69) is 36.2 Å². The molecular weight excluding hydrogens is 379 g/mol. The van der Waals surface area contributed by atoms with Crippen LogP contribution in [0.3, 0.4) is 0 Å². The van der Waals surface area contributed by atoms with Crippen molar-refractivity contribution < 1.29 is 13.9 Å². The number of anilines is 1. The van der Waals surface area contributed by atoms with Crippen LogP contribution in [-0.2, 0) is 0 Å². The molecule has 0 bridgehead atoms. The van der Waals surface area contributed by atoms with E-state index < -0.39 is 5.82 Å². The SMILES string of the molecule is O=C(Nc1cnc(Oc2ccccc2F)nc1)c1cncc(Br)c1. The summed E-state index contributed by atoms with van der Waals surface area (Å²) in [5, 5.41) is 2.63. The molecule has 2 aromatic heterocycles. The molecule has 24 heavy (non-hydrogen) atoms. The first-order valence-corrected chi connectivity index (χ1v) is 7.57. The van der Waals surface area contributed by atoms with Crippen LogP contribution in [0.1, 0.15) is 10.4 Å². The van der Waals surface area contributed by atoms with Crippen molar-refractivity contribution in [3.8, 4) is 11.8 Å². The Morgan fingerprint density at radius 1 is 1.12 bits per heavy atom. The molecule has 0 aliphatic heterocycles. The molecule has 0 aliphatic rings. The van der Waals surface area contributed by atoms with Gasteiger partial charge in [-0.3, -0.25) is 9.78 Å². The van der Waals surface area contributed by atoms with Crippen molar-refractivity contribution in [3.05, 3.63) is 71.0 Å². The third-order valence-corrected chi connectivity index (χ3v) is 3.32. The Hall–Kier alpha value is -2.87. The van der Waals surface area contributed by atoms with Gasteiger partial charge in [0.1, 0.15) is 0 Å². The second-order valence-electron chi connectivity index (χ2n) is 4.63. The first-order valence-electron chi connectivity index (χ1n) is 6.78. The van der Waals surface area contributed by atoms with Crippen LogP contribution in [0.2, 0.25) is 0 Å². The Morgan fingerprint density at radius 3 is 2.58 bits per heavy atom. The summed E-state index contributed by atoms with van der Waals surface area (Å²) in [5.41, 5.74) is 0.761. The molecule has 1 N–H and O–H groups in total. The molecule has 3 rings (SSSR count). The van der Waals surface area contributed by atoms with Gasteiger partial charge < -0.3 is 10.1 Å². The summed E-state index contributed by atoms with van der Waals surface area (Å²) in [6.45, 7) is 0. The number of carbonyl (C=O) groups is 1. The predicted molar refractivity (Wildman–Crippen MR) is 88.4 cm³/mol. The molecule has 3 aromatic rings. The second kappa shape index (κ2) is 7.14. The number of hydrogen-bond donors (Lipinski definition) is 1. The lowest BCUT2D eigenvalue weighted by molar-refractivity contribution is 0.102. The van der Waals surface area contributed by atoms with Gasteiger partial charge in [-0.05, 0) is 34.1 Å². The van der Waals surface area contributed by atoms with Gasteiger partial charge in [0.05, 0.1) is 23.6 Å². The summed E-state index contributed by atoms with van der Waals surface area (Å²) in [4.78, 5) is 23.9. The van der Waals surface area contributed by atoms with E-state index in [9.17, 15) is 9.18 Å². The van der Waals surface area contributed by atoms with Crippen molar-refractivity contribution in [1.82, 2.24) is 15.0 Å². The summed E-state index contributed by atoms with van der Waals surface area (Å²) in [6.07, 6.45) is 5.75. The maximum absolute atomic E-state index is 13.5. The third kappa shape index (κ3) is 3.90. The van der Waals surface area contributed by atoms with E-state index in [1.807, 2.05) is 0 Å². The van der Waals surface area contributed by atoms with E-state index in [1.165, 1.54) is 30.7 Å². The highest BCUT2D eigenvalue weighted by molar-refractivity contribution is 9.10. The molecule has 0 unspecified atom stereocenters. The van der Waals surface area contributed by atoms with Crippen molar-refractivity contribution in [1.29, 1.82) is 0 Å². The van der Waals surface area contributed by atoms with Crippen molar-refractivity contribution in [2.45, 2.75) is 0 Å². The van der Waals surface area contributed by atoms with Gasteiger partial charge in [0, 0.05) is 16.9 Å². The first-order chi connectivity index (χ1) is 11.6. The fourth-order valence-electron chi connectivity index (χ4n) is 1.80. The fourth-order valence-corrected chi connectivity index (χ4v) is 2.16.